The zero-order valence-electron chi connectivity index (χ0n) is 10.5. The van der Waals surface area contributed by atoms with Gasteiger partial charge < -0.3 is 10.3 Å². The van der Waals surface area contributed by atoms with Gasteiger partial charge in [0.1, 0.15) is 5.82 Å². The highest BCUT2D eigenvalue weighted by Crippen LogP contribution is 2.32. The summed E-state index contributed by atoms with van der Waals surface area (Å²) in [5, 5.41) is 4.30. The normalized spacial score (nSPS) is 10.8. The van der Waals surface area contributed by atoms with Crippen LogP contribution >= 0.6 is 27.5 Å². The molecule has 0 bridgehead atoms. The third-order valence-electron chi connectivity index (χ3n) is 2.82. The third-order valence-corrected chi connectivity index (χ3v) is 3.84. The smallest absolute Gasteiger partial charge is 0.259 e. The number of benzene rings is 2. The molecule has 0 fully saturated rings. The molecule has 2 N–H and O–H groups in total. The van der Waals surface area contributed by atoms with Gasteiger partial charge in [0.15, 0.2) is 0 Å². The Labute approximate surface area is 132 Å². The minimum Gasteiger partial charge on any atom is -0.399 e. The van der Waals surface area contributed by atoms with Crippen molar-refractivity contribution < 1.29 is 8.91 Å². The third kappa shape index (κ3) is 2.77. The van der Waals surface area contributed by atoms with E-state index in [9.17, 15) is 4.39 Å². The van der Waals surface area contributed by atoms with Crippen molar-refractivity contribution in [3.63, 3.8) is 0 Å². The van der Waals surface area contributed by atoms with Gasteiger partial charge in [0.2, 0.25) is 5.82 Å². The van der Waals surface area contributed by atoms with Crippen molar-refractivity contribution in [3.05, 3.63) is 51.7 Å². The number of aromatic nitrogens is 2. The molecule has 0 aliphatic carbocycles. The average molecular weight is 369 g/mol. The van der Waals surface area contributed by atoms with Gasteiger partial charge in [-0.1, -0.05) is 32.7 Å². The van der Waals surface area contributed by atoms with Crippen molar-refractivity contribution in [1.29, 1.82) is 0 Å². The number of hydrogen-bond acceptors (Lipinski definition) is 4. The summed E-state index contributed by atoms with van der Waals surface area (Å²) >= 11 is 9.41. The second-order valence-corrected chi connectivity index (χ2v) is 5.55. The van der Waals surface area contributed by atoms with E-state index in [4.69, 9.17) is 21.9 Å². The van der Waals surface area contributed by atoms with E-state index in [2.05, 4.69) is 26.1 Å². The summed E-state index contributed by atoms with van der Waals surface area (Å²) in [6, 6.07) is 9.19. The van der Waals surface area contributed by atoms with Crippen molar-refractivity contribution in [1.82, 2.24) is 10.1 Å². The Morgan fingerprint density at radius 1 is 1.14 bits per heavy atom. The second kappa shape index (κ2) is 5.46. The molecule has 3 aromatic rings. The number of nitrogens with two attached hydrogens (primary N) is 1. The molecular formula is C14H8BrClFN3O. The van der Waals surface area contributed by atoms with Crippen LogP contribution in [0.4, 0.5) is 10.1 Å². The Bertz CT molecular complexity index is 756. The van der Waals surface area contributed by atoms with Gasteiger partial charge in [-0.15, -0.1) is 0 Å². The van der Waals surface area contributed by atoms with Crippen LogP contribution in [-0.4, -0.2) is 10.1 Å². The first kappa shape index (κ1) is 14.0. The fraction of sp³-hybridized carbons (Fsp3) is 0. The van der Waals surface area contributed by atoms with E-state index >= 15 is 0 Å². The lowest BCUT2D eigenvalue weighted by atomic mass is 10.2. The molecule has 4 nitrogen and oxygen atoms in total. The maximum Gasteiger partial charge on any atom is 0.259 e. The molecular weight excluding hydrogens is 361 g/mol. The first-order valence-electron chi connectivity index (χ1n) is 5.89. The number of nitrogens with zero attached hydrogens (tertiary/aromatic N) is 2. The molecule has 0 amide bonds. The Kier molecular flexibility index (Phi) is 3.65. The van der Waals surface area contributed by atoms with Crippen LogP contribution < -0.4 is 5.73 Å². The molecule has 0 unspecified atom stereocenters. The van der Waals surface area contributed by atoms with E-state index in [0.29, 0.717) is 26.3 Å². The molecule has 7 heteroatoms. The zero-order chi connectivity index (χ0) is 15.0. The van der Waals surface area contributed by atoms with E-state index in [0.717, 1.165) is 0 Å². The minimum atomic E-state index is -0.387. The van der Waals surface area contributed by atoms with Crippen LogP contribution in [0.2, 0.25) is 5.02 Å². The van der Waals surface area contributed by atoms with E-state index in [1.807, 2.05) is 0 Å². The lowest BCUT2D eigenvalue weighted by molar-refractivity contribution is 0.432. The summed E-state index contributed by atoms with van der Waals surface area (Å²) in [5.41, 5.74) is 7.27. The lowest BCUT2D eigenvalue weighted by Crippen LogP contribution is -1.88. The molecule has 0 spiro atoms. The van der Waals surface area contributed by atoms with Crippen LogP contribution in [0.1, 0.15) is 0 Å². The number of halogens is 3. The molecule has 0 aliphatic heterocycles. The van der Waals surface area contributed by atoms with Crippen LogP contribution in [0.15, 0.2) is 45.4 Å². The molecule has 0 radical (unpaired) electrons. The fourth-order valence-electron chi connectivity index (χ4n) is 1.82. The molecule has 3 rings (SSSR count). The first-order chi connectivity index (χ1) is 10.0. The average Bonchev–Trinajstić information content (AvgIpc) is 2.93. The Hall–Kier alpha value is -1.92. The molecule has 1 heterocycles. The van der Waals surface area contributed by atoms with Crippen molar-refractivity contribution >= 4 is 33.2 Å². The zero-order valence-corrected chi connectivity index (χ0v) is 12.8. The molecule has 1 aromatic heterocycles. The molecule has 0 saturated heterocycles. The van der Waals surface area contributed by atoms with Gasteiger partial charge in [-0.25, -0.2) is 4.39 Å². The van der Waals surface area contributed by atoms with Gasteiger partial charge in [-0.05, 0) is 36.4 Å². The van der Waals surface area contributed by atoms with E-state index in [-0.39, 0.29) is 17.5 Å². The molecule has 21 heavy (non-hydrogen) atoms. The van der Waals surface area contributed by atoms with Crippen molar-refractivity contribution in [2.45, 2.75) is 0 Å². The topological polar surface area (TPSA) is 64.9 Å². The number of nitrogen functional groups attached to an aromatic ring is 1. The lowest BCUT2D eigenvalue weighted by Gasteiger charge is -2.00. The first-order valence-corrected chi connectivity index (χ1v) is 7.06. The van der Waals surface area contributed by atoms with E-state index in [1.54, 1.807) is 24.3 Å². The van der Waals surface area contributed by atoms with Gasteiger partial charge in [0, 0.05) is 15.7 Å². The molecule has 106 valence electrons. The largest absolute Gasteiger partial charge is 0.399 e. The van der Waals surface area contributed by atoms with Crippen molar-refractivity contribution in [2.75, 3.05) is 5.73 Å². The summed E-state index contributed by atoms with van der Waals surface area (Å²) in [5.74, 6) is 0.0925. The highest BCUT2D eigenvalue weighted by atomic mass is 79.9. The fourth-order valence-corrected chi connectivity index (χ4v) is 2.44. The minimum absolute atomic E-state index is 0.221. The Balaban J connectivity index is 2.08. The maximum atomic E-state index is 13.3. The van der Waals surface area contributed by atoms with Gasteiger partial charge >= 0.3 is 0 Å². The van der Waals surface area contributed by atoms with Gasteiger partial charge in [0.25, 0.3) is 5.89 Å². The number of rotatable bonds is 2. The predicted octanol–water partition coefficient (Wildman–Crippen LogP) is 4.54. The van der Waals surface area contributed by atoms with Crippen LogP contribution in [0.3, 0.4) is 0 Å². The molecule has 0 atom stereocenters. The summed E-state index contributed by atoms with van der Waals surface area (Å²) < 4.78 is 19.2. The van der Waals surface area contributed by atoms with Crippen LogP contribution in [0.5, 0.6) is 0 Å². The van der Waals surface area contributed by atoms with E-state index in [1.165, 1.54) is 12.1 Å². The van der Waals surface area contributed by atoms with Crippen LogP contribution in [0, 0.1) is 5.82 Å². The number of anilines is 1. The standard InChI is InChI=1S/C14H8BrClFN3O/c15-11-3-1-7(17)5-9(11)13-19-14(21-20-13)10-6-8(18)2-4-12(10)16/h1-6H,18H2. The quantitative estimate of drug-likeness (QED) is 0.674. The van der Waals surface area contributed by atoms with Crippen LogP contribution in [-0.2, 0) is 0 Å². The maximum absolute atomic E-state index is 13.3. The summed E-state index contributed by atoms with van der Waals surface area (Å²) in [6.07, 6.45) is 0. The van der Waals surface area contributed by atoms with Gasteiger partial charge in [-0.3, -0.25) is 0 Å². The van der Waals surface area contributed by atoms with Gasteiger partial charge in [-0.2, -0.15) is 4.98 Å². The monoisotopic (exact) mass is 367 g/mol. The number of hydrogen-bond donors (Lipinski definition) is 1. The SMILES string of the molecule is Nc1ccc(Cl)c(-c2nc(-c3cc(F)ccc3Br)no2)c1. The summed E-state index contributed by atoms with van der Waals surface area (Å²) in [6.45, 7) is 0. The predicted molar refractivity (Wildman–Crippen MR) is 82.3 cm³/mol. The van der Waals surface area contributed by atoms with Gasteiger partial charge in [0.05, 0.1) is 10.6 Å². The van der Waals surface area contributed by atoms with Crippen molar-refractivity contribution in [2.24, 2.45) is 0 Å². The highest BCUT2D eigenvalue weighted by molar-refractivity contribution is 9.10. The van der Waals surface area contributed by atoms with E-state index < -0.39 is 0 Å². The molecule has 0 saturated carbocycles. The Morgan fingerprint density at radius 2 is 1.95 bits per heavy atom. The second-order valence-electron chi connectivity index (χ2n) is 4.29. The molecule has 0 aliphatic rings. The Morgan fingerprint density at radius 3 is 2.76 bits per heavy atom. The summed E-state index contributed by atoms with van der Waals surface area (Å²) in [4.78, 5) is 4.24. The van der Waals surface area contributed by atoms with Crippen molar-refractivity contribution in [3.8, 4) is 22.8 Å². The molecule has 2 aromatic carbocycles. The van der Waals surface area contributed by atoms with Crippen LogP contribution in [0.25, 0.3) is 22.8 Å². The highest BCUT2D eigenvalue weighted by Gasteiger charge is 2.16. The summed E-state index contributed by atoms with van der Waals surface area (Å²) in [7, 11) is 0.